The number of carbonyl (C=O) groups excluding carboxylic acids is 2. The maximum atomic E-state index is 12.6. The maximum absolute atomic E-state index is 12.6. The number of amides is 2. The first-order valence-corrected chi connectivity index (χ1v) is 8.28. The predicted octanol–water partition coefficient (Wildman–Crippen LogP) is 2.81. The molecule has 7 nitrogen and oxygen atoms in total. The normalized spacial score (nSPS) is 17.8. The van der Waals surface area contributed by atoms with Crippen molar-refractivity contribution < 1.29 is 14.1 Å². The van der Waals surface area contributed by atoms with Crippen LogP contribution in [0.3, 0.4) is 0 Å². The molecule has 0 spiro atoms. The molecule has 7 heteroatoms. The lowest BCUT2D eigenvalue weighted by Crippen LogP contribution is -2.42. The third-order valence-electron chi connectivity index (χ3n) is 4.18. The van der Waals surface area contributed by atoms with Crippen LogP contribution in [0.15, 0.2) is 28.9 Å². The Balaban J connectivity index is 1.77. The van der Waals surface area contributed by atoms with Crippen LogP contribution in [0.4, 0.5) is 11.7 Å². The van der Waals surface area contributed by atoms with Gasteiger partial charge in [-0.1, -0.05) is 32.0 Å². The van der Waals surface area contributed by atoms with Gasteiger partial charge in [-0.25, -0.2) is 4.98 Å². The number of nitrogens with one attached hydrogen (secondary N) is 1. The van der Waals surface area contributed by atoms with Gasteiger partial charge in [0, 0.05) is 24.1 Å². The fraction of sp³-hybridized carbons (Fsp3) is 0.444. The van der Waals surface area contributed by atoms with Crippen molar-refractivity contribution in [3.05, 3.63) is 35.7 Å². The molecule has 0 bridgehead atoms. The van der Waals surface area contributed by atoms with Gasteiger partial charge >= 0.3 is 0 Å². The Kier molecular flexibility index (Phi) is 4.32. The highest BCUT2D eigenvalue weighted by molar-refractivity contribution is 6.06. The van der Waals surface area contributed by atoms with Crippen LogP contribution in [0.2, 0.25) is 0 Å². The van der Waals surface area contributed by atoms with E-state index in [2.05, 4.69) is 15.5 Å². The predicted molar refractivity (Wildman–Crippen MR) is 93.3 cm³/mol. The molecule has 2 aromatic rings. The van der Waals surface area contributed by atoms with Crippen LogP contribution in [0, 0.1) is 6.92 Å². The van der Waals surface area contributed by atoms with Gasteiger partial charge in [0.05, 0.1) is 5.69 Å². The van der Waals surface area contributed by atoms with Gasteiger partial charge in [-0.2, -0.15) is 0 Å². The van der Waals surface area contributed by atoms with Crippen LogP contribution in [0.25, 0.3) is 0 Å². The number of hydrogen-bond donors (Lipinski definition) is 1. The lowest BCUT2D eigenvalue weighted by molar-refractivity contribution is -0.120. The van der Waals surface area contributed by atoms with Crippen molar-refractivity contribution in [2.75, 3.05) is 10.2 Å². The van der Waals surface area contributed by atoms with Gasteiger partial charge in [0.25, 0.3) is 0 Å². The molecule has 1 aliphatic heterocycles. The third kappa shape index (κ3) is 3.55. The zero-order valence-corrected chi connectivity index (χ0v) is 14.9. The van der Waals surface area contributed by atoms with E-state index in [1.54, 1.807) is 18.3 Å². The van der Waals surface area contributed by atoms with E-state index >= 15 is 0 Å². The first-order valence-electron chi connectivity index (χ1n) is 8.28. The molecule has 2 aromatic heterocycles. The largest absolute Gasteiger partial charge is 0.338 e. The molecule has 1 N–H and O–H groups in total. The minimum atomic E-state index is -0.606. The number of aromatic nitrogens is 2. The van der Waals surface area contributed by atoms with E-state index in [4.69, 9.17) is 4.52 Å². The van der Waals surface area contributed by atoms with Gasteiger partial charge < -0.3 is 4.52 Å². The first kappa shape index (κ1) is 17.1. The second-order valence-electron chi connectivity index (χ2n) is 7.33. The molecule has 1 aliphatic rings. The van der Waals surface area contributed by atoms with Crippen LogP contribution in [-0.2, 0) is 15.0 Å². The summed E-state index contributed by atoms with van der Waals surface area (Å²) in [6, 6.07) is 4.73. The van der Waals surface area contributed by atoms with Crippen molar-refractivity contribution in [1.82, 2.24) is 10.1 Å². The summed E-state index contributed by atoms with van der Waals surface area (Å²) in [7, 11) is 0. The molecule has 3 heterocycles. The van der Waals surface area contributed by atoms with Crippen LogP contribution >= 0.6 is 0 Å². The van der Waals surface area contributed by atoms with Gasteiger partial charge in [-0.15, -0.1) is 0 Å². The number of rotatable bonds is 3. The summed E-state index contributed by atoms with van der Waals surface area (Å²) < 4.78 is 5.20. The Morgan fingerprint density at radius 3 is 2.72 bits per heavy atom. The van der Waals surface area contributed by atoms with Crippen molar-refractivity contribution >= 4 is 23.5 Å². The molecule has 132 valence electrons. The molecule has 1 fully saturated rings. The van der Waals surface area contributed by atoms with Gasteiger partial charge in [-0.05, 0) is 25.0 Å². The van der Waals surface area contributed by atoms with Crippen LogP contribution in [0.1, 0.15) is 44.9 Å². The maximum Gasteiger partial charge on any atom is 0.250 e. The van der Waals surface area contributed by atoms with E-state index in [1.165, 1.54) is 4.90 Å². The van der Waals surface area contributed by atoms with Crippen molar-refractivity contribution in [2.24, 2.45) is 0 Å². The molecular weight excluding hydrogens is 320 g/mol. The average Bonchev–Trinajstić information content (AvgIpc) is 3.15. The second-order valence-corrected chi connectivity index (χ2v) is 7.33. The zero-order valence-electron chi connectivity index (χ0n) is 14.9. The number of aryl methyl sites for hydroxylation is 1. The Morgan fingerprint density at radius 2 is 2.12 bits per heavy atom. The first-order chi connectivity index (χ1) is 11.8. The third-order valence-corrected chi connectivity index (χ3v) is 4.18. The Bertz CT molecular complexity index is 789. The van der Waals surface area contributed by atoms with Gasteiger partial charge in [0.2, 0.25) is 17.7 Å². The minimum Gasteiger partial charge on any atom is -0.338 e. The topological polar surface area (TPSA) is 88.3 Å². The highest BCUT2D eigenvalue weighted by Gasteiger charge is 2.38. The molecule has 3 rings (SSSR count). The minimum absolute atomic E-state index is 0.107. The van der Waals surface area contributed by atoms with E-state index in [0.29, 0.717) is 18.7 Å². The molecule has 25 heavy (non-hydrogen) atoms. The Hall–Kier alpha value is -2.70. The lowest BCUT2D eigenvalue weighted by Gasteiger charge is -2.22. The Morgan fingerprint density at radius 1 is 1.36 bits per heavy atom. The van der Waals surface area contributed by atoms with E-state index in [1.807, 2.05) is 33.8 Å². The highest BCUT2D eigenvalue weighted by Crippen LogP contribution is 2.27. The fourth-order valence-electron chi connectivity index (χ4n) is 2.71. The molecule has 0 radical (unpaired) electrons. The zero-order chi connectivity index (χ0) is 18.2. The van der Waals surface area contributed by atoms with Crippen molar-refractivity contribution in [3.63, 3.8) is 0 Å². The molecule has 0 aliphatic carbocycles. The quantitative estimate of drug-likeness (QED) is 0.926. The molecule has 2 amide bonds. The van der Waals surface area contributed by atoms with Crippen LogP contribution < -0.4 is 10.2 Å². The monoisotopic (exact) mass is 342 g/mol. The van der Waals surface area contributed by atoms with E-state index < -0.39 is 6.04 Å². The standard InChI is InChI=1S/C18H22N4O3/c1-11-5-7-14(19-10-11)22-12(6-8-16(22)23)17(24)20-15-9-13(21-25-15)18(2,3)4/h5,7,9-10,12H,6,8H2,1-4H3,(H,20,24)/t12-/m0/s1. The van der Waals surface area contributed by atoms with Crippen molar-refractivity contribution in [2.45, 2.75) is 52.0 Å². The van der Waals surface area contributed by atoms with Crippen molar-refractivity contribution in [1.29, 1.82) is 0 Å². The van der Waals surface area contributed by atoms with E-state index in [0.717, 1.165) is 11.3 Å². The summed E-state index contributed by atoms with van der Waals surface area (Å²) in [5, 5.41) is 6.70. The van der Waals surface area contributed by atoms with Gasteiger partial charge in [0.15, 0.2) is 0 Å². The van der Waals surface area contributed by atoms with Crippen LogP contribution in [-0.4, -0.2) is 28.0 Å². The molecule has 0 aromatic carbocycles. The number of carbonyl (C=O) groups is 2. The van der Waals surface area contributed by atoms with E-state index in [-0.39, 0.29) is 23.1 Å². The summed E-state index contributed by atoms with van der Waals surface area (Å²) >= 11 is 0. The van der Waals surface area contributed by atoms with Gasteiger partial charge in [0.1, 0.15) is 11.9 Å². The second kappa shape index (κ2) is 6.31. The summed E-state index contributed by atoms with van der Waals surface area (Å²) in [4.78, 5) is 30.6. The average molecular weight is 342 g/mol. The smallest absolute Gasteiger partial charge is 0.250 e. The van der Waals surface area contributed by atoms with E-state index in [9.17, 15) is 9.59 Å². The Labute approximate surface area is 146 Å². The number of pyridine rings is 1. The summed E-state index contributed by atoms with van der Waals surface area (Å²) in [5.41, 5.74) is 1.57. The molecule has 0 saturated carbocycles. The molecule has 1 atom stereocenters. The summed E-state index contributed by atoms with van der Waals surface area (Å²) in [5.74, 6) is 0.363. The van der Waals surface area contributed by atoms with Crippen LogP contribution in [0.5, 0.6) is 0 Å². The number of hydrogen-bond acceptors (Lipinski definition) is 5. The van der Waals surface area contributed by atoms with Crippen molar-refractivity contribution in [3.8, 4) is 0 Å². The number of anilines is 2. The number of nitrogens with zero attached hydrogens (tertiary/aromatic N) is 3. The SMILES string of the molecule is Cc1ccc(N2C(=O)CC[C@H]2C(=O)Nc2cc(C(C)(C)C)no2)nc1. The highest BCUT2D eigenvalue weighted by atomic mass is 16.5. The summed E-state index contributed by atoms with van der Waals surface area (Å²) in [6.07, 6.45) is 2.44. The van der Waals surface area contributed by atoms with Gasteiger partial charge in [-0.3, -0.25) is 19.8 Å². The molecular formula is C18H22N4O3. The molecule has 1 saturated heterocycles. The lowest BCUT2D eigenvalue weighted by atomic mass is 9.92. The fourth-order valence-corrected chi connectivity index (χ4v) is 2.71. The summed E-state index contributed by atoms with van der Waals surface area (Å²) in [6.45, 7) is 7.95. The molecule has 0 unspecified atom stereocenters.